The second-order valence-corrected chi connectivity index (χ2v) is 12.2. The minimum atomic E-state index is -1.28. The third-order valence-electron chi connectivity index (χ3n) is 6.16. The fraction of sp³-hybridized carbons (Fsp3) is 0.593. The number of esters is 1. The molecule has 3 rings (SSSR count). The highest BCUT2D eigenvalue weighted by atomic mass is 32.2. The van der Waals surface area contributed by atoms with E-state index in [9.17, 15) is 24.0 Å². The lowest BCUT2D eigenvalue weighted by molar-refractivity contribution is -0.169. The number of carbonyl (C=O) groups excluding carboxylic acids is 4. The number of fused-ring (bicyclic) bond motifs is 1. The van der Waals surface area contributed by atoms with Crippen LogP contribution in [0.15, 0.2) is 21.8 Å². The van der Waals surface area contributed by atoms with Gasteiger partial charge >= 0.3 is 18.1 Å². The number of rotatable bonds is 15. The first-order valence-electron chi connectivity index (χ1n) is 14.3. The third kappa shape index (κ3) is 11.3. The minimum absolute atomic E-state index is 0.0353. The molecule has 3 heterocycles. The molecule has 4 atom stereocenters. The maximum atomic E-state index is 13.1. The van der Waals surface area contributed by atoms with Crippen LogP contribution in [0.3, 0.4) is 0 Å². The van der Waals surface area contributed by atoms with Crippen LogP contribution < -0.4 is 22.5 Å². The van der Waals surface area contributed by atoms with Crippen molar-refractivity contribution in [1.29, 1.82) is 0 Å². The van der Waals surface area contributed by atoms with Crippen molar-refractivity contribution < 1.29 is 52.9 Å². The molecule has 0 aliphatic carbocycles. The summed E-state index contributed by atoms with van der Waals surface area (Å²) in [5, 5.41) is 15.8. The summed E-state index contributed by atoms with van der Waals surface area (Å²) >= 11 is 2.45. The van der Waals surface area contributed by atoms with Crippen LogP contribution in [0.25, 0.3) is 0 Å². The van der Waals surface area contributed by atoms with E-state index in [1.165, 1.54) is 43.2 Å². The number of aromatic nitrogens is 1. The Kier molecular flexibility index (Phi) is 15.8. The number of β-lactam (4-membered cyclic amide) rings is 1. The first-order chi connectivity index (χ1) is 22.2. The molecule has 1 fully saturated rings. The first kappa shape index (κ1) is 39.2. The summed E-state index contributed by atoms with van der Waals surface area (Å²) in [6, 6.07) is -1.68. The van der Waals surface area contributed by atoms with E-state index < -0.39 is 59.8 Å². The number of carboxylic acid groups (broad SMARTS) is 1. The van der Waals surface area contributed by atoms with Crippen LogP contribution in [-0.4, -0.2) is 114 Å². The van der Waals surface area contributed by atoms with Crippen molar-refractivity contribution >= 4 is 63.9 Å². The fourth-order valence-corrected chi connectivity index (χ4v) is 5.95. The number of amides is 2. The summed E-state index contributed by atoms with van der Waals surface area (Å²) in [6.07, 6.45) is -0.544. The van der Waals surface area contributed by atoms with Gasteiger partial charge in [-0.2, -0.15) is 0 Å². The maximum Gasteiger partial charge on any atom is 0.511 e. The second-order valence-electron chi connectivity index (χ2n) is 10.2. The average Bonchev–Trinajstić information content (AvgIpc) is 3.43. The van der Waals surface area contributed by atoms with E-state index in [0.717, 1.165) is 24.2 Å². The Morgan fingerprint density at radius 1 is 1.17 bits per heavy atom. The van der Waals surface area contributed by atoms with E-state index in [2.05, 4.69) is 15.5 Å². The molecule has 0 bridgehead atoms. The lowest BCUT2D eigenvalue weighted by Crippen LogP contribution is -2.71. The van der Waals surface area contributed by atoms with Gasteiger partial charge in [0.2, 0.25) is 6.29 Å². The topological polar surface area (TPSA) is 270 Å². The molecule has 2 amide bonds. The largest absolute Gasteiger partial charge is 0.511 e. The van der Waals surface area contributed by atoms with Gasteiger partial charge in [-0.25, -0.2) is 14.6 Å². The Labute approximate surface area is 279 Å². The summed E-state index contributed by atoms with van der Waals surface area (Å²) in [5.41, 5.74) is 16.6. The molecule has 1 aromatic rings. The van der Waals surface area contributed by atoms with E-state index in [0.29, 0.717) is 24.3 Å². The molecular formula is C27H41N7O11S2. The normalized spacial score (nSPS) is 18.6. The summed E-state index contributed by atoms with van der Waals surface area (Å²) in [6.45, 7) is 5.28. The van der Waals surface area contributed by atoms with E-state index in [4.69, 9.17) is 46.1 Å². The highest BCUT2D eigenvalue weighted by molar-refractivity contribution is 8.00. The molecule has 1 aromatic heterocycles. The number of nitrogens with zero attached hydrogens (tertiary/aromatic N) is 3. The molecule has 1 saturated heterocycles. The van der Waals surface area contributed by atoms with Gasteiger partial charge < -0.3 is 51.4 Å². The van der Waals surface area contributed by atoms with Gasteiger partial charge in [0.15, 0.2) is 10.8 Å². The standard InChI is InChI=1S/C21H27N5O9S2.C6H14N2O2/c1-9(2)33-21(30)35-10(3)34-19(29)15-11(6-31-4)7-36-18-14(17(28)26(15)18)24-16(27)13(25-32-5)12-8-37-20(22)23-12;7-4-2-1-3-5(8)6(9)10/h8-10,14,18H,6-7H2,1-5H3,(H2,22,23)(H,24,27);5H,1-4,7-8H2,(H,9,10)/b25-13-;/t10?,14-,18-;/m1./s1. The SMILES string of the molecule is COCC1=C(C(=O)OC(C)OC(=O)OC(C)C)N2C(=O)[C@@H](NC(=O)/C(=N\OC)c3csc(N)n3)[C@H]2SC1.NCCCCC(N)C(=O)O. The Hall–Kier alpha value is -3.98. The van der Waals surface area contributed by atoms with Crippen molar-refractivity contribution in [2.45, 2.75) is 69.9 Å². The number of aliphatic carboxylic acids is 1. The van der Waals surface area contributed by atoms with Gasteiger partial charge in [0.25, 0.3) is 11.8 Å². The van der Waals surface area contributed by atoms with Crippen molar-refractivity contribution in [3.63, 3.8) is 0 Å². The van der Waals surface area contributed by atoms with Crippen LogP contribution >= 0.6 is 23.1 Å². The van der Waals surface area contributed by atoms with E-state index in [1.807, 2.05) is 0 Å². The number of unbranched alkanes of at least 4 members (excludes halogenated alkanes) is 1. The lowest BCUT2D eigenvalue weighted by atomic mass is 10.0. The first-order valence-corrected chi connectivity index (χ1v) is 16.2. The Balaban J connectivity index is 0.000000663. The van der Waals surface area contributed by atoms with Gasteiger partial charge in [-0.1, -0.05) is 11.6 Å². The monoisotopic (exact) mass is 703 g/mol. The number of nitrogen functional groups attached to an aromatic ring is 1. The number of hydrogen-bond donors (Lipinski definition) is 5. The second kappa shape index (κ2) is 19.0. The third-order valence-corrected chi connectivity index (χ3v) is 8.18. The van der Waals surface area contributed by atoms with Gasteiger partial charge in [0, 0.05) is 25.2 Å². The summed E-state index contributed by atoms with van der Waals surface area (Å²) in [4.78, 5) is 70.9. The summed E-state index contributed by atoms with van der Waals surface area (Å²) in [5.74, 6) is -2.75. The van der Waals surface area contributed by atoms with Crippen molar-refractivity contribution in [3.8, 4) is 0 Å². The summed E-state index contributed by atoms with van der Waals surface area (Å²) < 4.78 is 20.2. The van der Waals surface area contributed by atoms with Crippen LogP contribution in [0, 0.1) is 0 Å². The zero-order chi connectivity index (χ0) is 35.3. The van der Waals surface area contributed by atoms with Crippen molar-refractivity contribution in [2.24, 2.45) is 16.6 Å². The smallest absolute Gasteiger partial charge is 0.480 e. The summed E-state index contributed by atoms with van der Waals surface area (Å²) in [7, 11) is 2.71. The van der Waals surface area contributed by atoms with Crippen molar-refractivity contribution in [3.05, 3.63) is 22.3 Å². The number of hydrogen-bond acceptors (Lipinski definition) is 17. The number of anilines is 1. The number of nitrogens with one attached hydrogen (secondary N) is 1. The molecule has 2 unspecified atom stereocenters. The molecule has 8 N–H and O–H groups in total. The predicted octanol–water partition coefficient (Wildman–Crippen LogP) is 0.354. The number of thiazole rings is 1. The Bertz CT molecular complexity index is 1340. The Morgan fingerprint density at radius 3 is 2.43 bits per heavy atom. The molecule has 0 saturated carbocycles. The number of carboxylic acids is 1. The van der Waals surface area contributed by atoms with Crippen molar-refractivity contribution in [2.75, 3.05) is 38.9 Å². The molecule has 0 spiro atoms. The number of carbonyl (C=O) groups is 5. The number of oxime groups is 1. The molecule has 18 nitrogen and oxygen atoms in total. The fourth-order valence-electron chi connectivity index (χ4n) is 4.08. The highest BCUT2D eigenvalue weighted by Gasteiger charge is 2.55. The van der Waals surface area contributed by atoms with Crippen molar-refractivity contribution in [1.82, 2.24) is 15.2 Å². The molecule has 20 heteroatoms. The Morgan fingerprint density at radius 2 is 1.87 bits per heavy atom. The van der Waals surface area contributed by atoms with Crippen LogP contribution in [0.2, 0.25) is 0 Å². The predicted molar refractivity (Wildman–Crippen MR) is 171 cm³/mol. The van der Waals surface area contributed by atoms with Crippen LogP contribution in [0.5, 0.6) is 0 Å². The van der Waals surface area contributed by atoms with Gasteiger partial charge in [-0.3, -0.25) is 19.3 Å². The van der Waals surface area contributed by atoms with Gasteiger partial charge in [0.1, 0.15) is 36.0 Å². The zero-order valence-corrected chi connectivity index (χ0v) is 28.3. The lowest BCUT2D eigenvalue weighted by Gasteiger charge is -2.49. The van der Waals surface area contributed by atoms with E-state index in [-0.39, 0.29) is 28.8 Å². The molecule has 2 aliphatic rings. The van der Waals surface area contributed by atoms with Crippen LogP contribution in [0.4, 0.5) is 9.93 Å². The number of nitrogens with two attached hydrogens (primary N) is 3. The van der Waals surface area contributed by atoms with E-state index >= 15 is 0 Å². The minimum Gasteiger partial charge on any atom is -0.480 e. The highest BCUT2D eigenvalue weighted by Crippen LogP contribution is 2.41. The van der Waals surface area contributed by atoms with Gasteiger partial charge in [0.05, 0.1) is 12.7 Å². The van der Waals surface area contributed by atoms with Gasteiger partial charge in [-0.05, 0) is 38.8 Å². The number of ether oxygens (including phenoxy) is 4. The van der Waals surface area contributed by atoms with Crippen LogP contribution in [-0.2, 0) is 43.0 Å². The number of thioether (sulfide) groups is 1. The molecule has 0 aromatic carbocycles. The van der Waals surface area contributed by atoms with E-state index in [1.54, 1.807) is 13.8 Å². The zero-order valence-electron chi connectivity index (χ0n) is 26.6. The molecule has 2 aliphatic heterocycles. The quantitative estimate of drug-likeness (QED) is 0.0412. The maximum absolute atomic E-state index is 13.1. The number of methoxy groups -OCH3 is 1. The van der Waals surface area contributed by atoms with Gasteiger partial charge in [-0.15, -0.1) is 23.1 Å². The molecule has 47 heavy (non-hydrogen) atoms. The molecule has 262 valence electrons. The van der Waals surface area contributed by atoms with Crippen LogP contribution in [0.1, 0.15) is 45.7 Å². The average molecular weight is 704 g/mol. The molecular weight excluding hydrogens is 662 g/mol. The molecule has 0 radical (unpaired) electrons.